The number of hydrogen-bond donors (Lipinski definition) is 2. The van der Waals surface area contributed by atoms with Crippen LogP contribution in [0.3, 0.4) is 0 Å². The molecule has 1 aliphatic heterocycles. The molecule has 2 aromatic carbocycles. The zero-order valence-corrected chi connectivity index (χ0v) is 14.9. The topological polar surface area (TPSA) is 58.2 Å². The third-order valence-electron chi connectivity index (χ3n) is 3.98. The number of nitrogens with one attached hydrogen (secondary N) is 2. The molecule has 0 aliphatic carbocycles. The van der Waals surface area contributed by atoms with Gasteiger partial charge in [0.1, 0.15) is 0 Å². The summed E-state index contributed by atoms with van der Waals surface area (Å²) in [6.45, 7) is 5.48. The van der Waals surface area contributed by atoms with E-state index in [0.717, 1.165) is 30.6 Å². The van der Waals surface area contributed by atoms with Crippen molar-refractivity contribution in [2.75, 3.05) is 11.3 Å². The van der Waals surface area contributed by atoms with Gasteiger partial charge in [-0.3, -0.25) is 4.72 Å². The van der Waals surface area contributed by atoms with E-state index in [9.17, 15) is 8.42 Å². The summed E-state index contributed by atoms with van der Waals surface area (Å²) < 4.78 is 27.9. The van der Waals surface area contributed by atoms with Crippen molar-refractivity contribution in [3.05, 3.63) is 58.7 Å². The number of anilines is 1. The molecule has 0 bridgehead atoms. The molecule has 0 fully saturated rings. The predicted molar refractivity (Wildman–Crippen MR) is 95.8 cm³/mol. The molecular weight excluding hydrogens is 332 g/mol. The van der Waals surface area contributed by atoms with E-state index in [1.54, 1.807) is 6.07 Å². The van der Waals surface area contributed by atoms with Crippen LogP contribution >= 0.6 is 12.4 Å². The first-order chi connectivity index (χ1) is 10.5. The SMILES string of the molecule is Cc1ccc(C)c(S(=O)(=O)Nc2ccc3c(c2)CCNC3)c1.Cl. The molecule has 3 rings (SSSR count). The van der Waals surface area contributed by atoms with Crippen LogP contribution in [0.15, 0.2) is 41.3 Å². The predicted octanol–water partition coefficient (Wildman–Crippen LogP) is 3.17. The molecule has 0 saturated heterocycles. The van der Waals surface area contributed by atoms with Crippen LogP contribution in [0.5, 0.6) is 0 Å². The van der Waals surface area contributed by atoms with E-state index < -0.39 is 10.0 Å². The van der Waals surface area contributed by atoms with Gasteiger partial charge in [-0.15, -0.1) is 12.4 Å². The van der Waals surface area contributed by atoms with Crippen molar-refractivity contribution in [2.45, 2.75) is 31.7 Å². The Kier molecular flexibility index (Phi) is 5.34. The zero-order valence-electron chi connectivity index (χ0n) is 13.2. The molecule has 2 aromatic rings. The first kappa shape index (κ1) is 17.8. The fourth-order valence-electron chi connectivity index (χ4n) is 2.75. The lowest BCUT2D eigenvalue weighted by Crippen LogP contribution is -2.23. The Balaban J connectivity index is 0.00000192. The molecule has 1 heterocycles. The minimum absolute atomic E-state index is 0. The average molecular weight is 353 g/mol. The molecule has 1 aliphatic rings. The van der Waals surface area contributed by atoms with Gasteiger partial charge in [-0.1, -0.05) is 18.2 Å². The van der Waals surface area contributed by atoms with Crippen molar-refractivity contribution in [1.82, 2.24) is 5.32 Å². The Morgan fingerprint density at radius 1 is 1.04 bits per heavy atom. The van der Waals surface area contributed by atoms with Gasteiger partial charge < -0.3 is 5.32 Å². The van der Waals surface area contributed by atoms with Crippen molar-refractivity contribution >= 4 is 28.1 Å². The minimum atomic E-state index is -3.56. The van der Waals surface area contributed by atoms with E-state index in [1.807, 2.05) is 44.2 Å². The summed E-state index contributed by atoms with van der Waals surface area (Å²) in [5.41, 5.74) is 4.75. The van der Waals surface area contributed by atoms with Crippen LogP contribution in [0, 0.1) is 13.8 Å². The molecule has 0 amide bonds. The fourth-order valence-corrected chi connectivity index (χ4v) is 4.13. The highest BCUT2D eigenvalue weighted by Gasteiger charge is 2.18. The van der Waals surface area contributed by atoms with Crippen molar-refractivity contribution in [3.8, 4) is 0 Å². The van der Waals surface area contributed by atoms with Gasteiger partial charge in [0.05, 0.1) is 4.90 Å². The van der Waals surface area contributed by atoms with E-state index in [-0.39, 0.29) is 12.4 Å². The van der Waals surface area contributed by atoms with Gasteiger partial charge in [0.25, 0.3) is 10.0 Å². The van der Waals surface area contributed by atoms with Crippen LogP contribution in [0.4, 0.5) is 5.69 Å². The normalized spacial score (nSPS) is 13.8. The Hall–Kier alpha value is -1.56. The molecular formula is C17H21ClN2O2S. The van der Waals surface area contributed by atoms with Crippen LogP contribution in [0.25, 0.3) is 0 Å². The largest absolute Gasteiger partial charge is 0.312 e. The lowest BCUT2D eigenvalue weighted by molar-refractivity contribution is 0.600. The molecule has 0 saturated carbocycles. The molecule has 0 spiro atoms. The maximum atomic E-state index is 12.6. The van der Waals surface area contributed by atoms with Crippen LogP contribution < -0.4 is 10.0 Å². The molecule has 6 heteroatoms. The van der Waals surface area contributed by atoms with Gasteiger partial charge in [0.2, 0.25) is 0 Å². The fraction of sp³-hybridized carbons (Fsp3) is 0.294. The van der Waals surface area contributed by atoms with Crippen molar-refractivity contribution < 1.29 is 8.42 Å². The zero-order chi connectivity index (χ0) is 15.7. The number of fused-ring (bicyclic) bond motifs is 1. The molecule has 0 unspecified atom stereocenters. The summed E-state index contributed by atoms with van der Waals surface area (Å²) >= 11 is 0. The van der Waals surface area contributed by atoms with E-state index in [4.69, 9.17) is 0 Å². The minimum Gasteiger partial charge on any atom is -0.312 e. The molecule has 2 N–H and O–H groups in total. The highest BCUT2D eigenvalue weighted by Crippen LogP contribution is 2.23. The number of hydrogen-bond acceptors (Lipinski definition) is 3. The Morgan fingerprint density at radius 2 is 1.83 bits per heavy atom. The molecule has 0 aromatic heterocycles. The van der Waals surface area contributed by atoms with Gasteiger partial charge in [-0.25, -0.2) is 8.42 Å². The third-order valence-corrected chi connectivity index (χ3v) is 5.50. The van der Waals surface area contributed by atoms with Crippen LogP contribution in [-0.2, 0) is 23.0 Å². The van der Waals surface area contributed by atoms with E-state index in [1.165, 1.54) is 11.1 Å². The monoisotopic (exact) mass is 352 g/mol. The maximum absolute atomic E-state index is 12.6. The first-order valence-corrected chi connectivity index (χ1v) is 8.87. The number of rotatable bonds is 3. The van der Waals surface area contributed by atoms with Crippen molar-refractivity contribution in [3.63, 3.8) is 0 Å². The number of benzene rings is 2. The summed E-state index contributed by atoms with van der Waals surface area (Å²) in [7, 11) is -3.56. The van der Waals surface area contributed by atoms with Gasteiger partial charge in [0.15, 0.2) is 0 Å². The Labute approximate surface area is 143 Å². The second kappa shape index (κ2) is 6.91. The summed E-state index contributed by atoms with van der Waals surface area (Å²) in [5.74, 6) is 0. The van der Waals surface area contributed by atoms with Crippen LogP contribution in [-0.4, -0.2) is 15.0 Å². The quantitative estimate of drug-likeness (QED) is 0.892. The maximum Gasteiger partial charge on any atom is 0.262 e. The summed E-state index contributed by atoms with van der Waals surface area (Å²) in [5, 5.41) is 3.31. The number of halogens is 1. The third kappa shape index (κ3) is 3.86. The van der Waals surface area contributed by atoms with E-state index in [0.29, 0.717) is 10.6 Å². The highest BCUT2D eigenvalue weighted by molar-refractivity contribution is 7.92. The smallest absolute Gasteiger partial charge is 0.262 e. The van der Waals surface area contributed by atoms with Crippen LogP contribution in [0.2, 0.25) is 0 Å². The summed E-state index contributed by atoms with van der Waals surface area (Å²) in [4.78, 5) is 0.340. The van der Waals surface area contributed by atoms with E-state index in [2.05, 4.69) is 10.0 Å². The molecule has 0 radical (unpaired) electrons. The first-order valence-electron chi connectivity index (χ1n) is 7.38. The van der Waals surface area contributed by atoms with E-state index >= 15 is 0 Å². The Morgan fingerprint density at radius 3 is 2.61 bits per heavy atom. The van der Waals surface area contributed by atoms with Gasteiger partial charge >= 0.3 is 0 Å². The van der Waals surface area contributed by atoms with Gasteiger partial charge in [-0.2, -0.15) is 0 Å². The molecule has 124 valence electrons. The lowest BCUT2D eigenvalue weighted by Gasteiger charge is -2.18. The molecule has 0 atom stereocenters. The summed E-state index contributed by atoms with van der Waals surface area (Å²) in [6, 6.07) is 11.2. The molecule has 4 nitrogen and oxygen atoms in total. The average Bonchev–Trinajstić information content (AvgIpc) is 2.49. The second-order valence-corrected chi connectivity index (χ2v) is 7.44. The van der Waals surface area contributed by atoms with Crippen molar-refractivity contribution in [1.29, 1.82) is 0 Å². The van der Waals surface area contributed by atoms with Gasteiger partial charge in [-0.05, 0) is 67.3 Å². The standard InChI is InChI=1S/C17H20N2O2S.ClH/c1-12-3-4-13(2)17(9-12)22(20,21)19-16-6-5-15-11-18-8-7-14(15)10-16;/h3-6,9-10,18-19H,7-8,11H2,1-2H3;1H. The number of aryl methyl sites for hydroxylation is 2. The number of sulfonamides is 1. The van der Waals surface area contributed by atoms with Gasteiger partial charge in [0, 0.05) is 12.2 Å². The van der Waals surface area contributed by atoms with Crippen molar-refractivity contribution in [2.24, 2.45) is 0 Å². The summed E-state index contributed by atoms with van der Waals surface area (Å²) in [6.07, 6.45) is 0.925. The lowest BCUT2D eigenvalue weighted by atomic mass is 10.0. The molecule has 23 heavy (non-hydrogen) atoms. The second-order valence-electron chi connectivity index (χ2n) is 5.78. The Bertz CT molecular complexity index is 819. The van der Waals surface area contributed by atoms with Crippen LogP contribution in [0.1, 0.15) is 22.3 Å². The highest BCUT2D eigenvalue weighted by atomic mass is 35.5.